The summed E-state index contributed by atoms with van der Waals surface area (Å²) in [5.74, 6) is 1.31. The molecule has 0 saturated carbocycles. The zero-order valence-electron chi connectivity index (χ0n) is 21.2. The first kappa shape index (κ1) is 30.2. The molecule has 4 heterocycles. The number of aromatic nitrogens is 4. The fourth-order valence-corrected chi connectivity index (χ4v) is 7.72. The first-order valence-electron chi connectivity index (χ1n) is 10.9. The van der Waals surface area contributed by atoms with Crippen molar-refractivity contribution in [3.63, 3.8) is 0 Å². The van der Waals surface area contributed by atoms with Crippen LogP contribution in [0, 0.1) is 0 Å². The van der Waals surface area contributed by atoms with Crippen LogP contribution in [0.5, 0.6) is 0 Å². The number of phosphoric acid groups is 3. The van der Waals surface area contributed by atoms with E-state index in [1.54, 1.807) is 23.0 Å². The van der Waals surface area contributed by atoms with Gasteiger partial charge in [-0.1, -0.05) is 4.98 Å². The van der Waals surface area contributed by atoms with Gasteiger partial charge >= 0.3 is 29.1 Å². The summed E-state index contributed by atoms with van der Waals surface area (Å²) in [5.41, 5.74) is 1.34. The molecule has 0 aromatic carbocycles. The second kappa shape index (κ2) is 12.0. The van der Waals surface area contributed by atoms with Crippen LogP contribution in [0.3, 0.4) is 0 Å². The Kier molecular flexibility index (Phi) is 9.32. The zero-order chi connectivity index (χ0) is 28.4. The summed E-state index contributed by atoms with van der Waals surface area (Å²) in [5, 5.41) is 6.07. The molecule has 39 heavy (non-hydrogen) atoms. The molecule has 4 rings (SSSR count). The Morgan fingerprint density at radius 3 is 2.36 bits per heavy atom. The lowest BCUT2D eigenvalue weighted by molar-refractivity contribution is -0.738. The standard InChI is InChI=1S/C16H25N6O14P3/c1-11-19-20(2)15-14-16(18-9-17-15)22(10-21(11)14)13-7-6-12(31-13)8-30-38(25,32-27-3)35-37(23,24)36-39(26,33-28-4)34-29-5/h9-10,12-13H,6-8H2,1-5H3/p+1. The normalized spacial score (nSPS) is 22.6. The molecule has 0 aliphatic carbocycles. The van der Waals surface area contributed by atoms with Gasteiger partial charge in [0.25, 0.3) is 0 Å². The van der Waals surface area contributed by atoms with Gasteiger partial charge in [-0.3, -0.25) is 4.52 Å². The second-order valence-electron chi connectivity index (χ2n) is 7.77. The van der Waals surface area contributed by atoms with E-state index in [4.69, 9.17) is 9.26 Å². The highest BCUT2D eigenvalue weighted by Gasteiger charge is 2.48. The van der Waals surface area contributed by atoms with Gasteiger partial charge in [-0.2, -0.15) is 13.6 Å². The van der Waals surface area contributed by atoms with Gasteiger partial charge in [-0.25, -0.2) is 42.5 Å². The highest BCUT2D eigenvalue weighted by Crippen LogP contribution is 2.70. The molecular weight excluding hydrogens is 593 g/mol. The first-order chi connectivity index (χ1) is 18.4. The van der Waals surface area contributed by atoms with Gasteiger partial charge < -0.3 is 9.63 Å². The van der Waals surface area contributed by atoms with Crippen molar-refractivity contribution in [1.29, 1.82) is 0 Å². The van der Waals surface area contributed by atoms with Crippen molar-refractivity contribution in [3.05, 3.63) is 12.7 Å². The van der Waals surface area contributed by atoms with Crippen LogP contribution in [0.2, 0.25) is 0 Å². The molecule has 2 aliphatic rings. The zero-order valence-corrected chi connectivity index (χ0v) is 23.9. The van der Waals surface area contributed by atoms with E-state index < -0.39 is 42.4 Å². The number of ether oxygens (including phenoxy) is 1. The SMILES string of the molecule is COOP(=O)(OCC1CCC([n+]2cn3c4c(ncnc42)N(C)N=C3C)O1)OP(=O)(O)OP(=O)(OOC)OOC. The minimum atomic E-state index is -5.53. The van der Waals surface area contributed by atoms with Crippen LogP contribution in [-0.2, 0) is 60.3 Å². The number of rotatable bonds is 14. The molecule has 1 N–H and O–H groups in total. The molecule has 0 bridgehead atoms. The average Bonchev–Trinajstić information content (AvgIpc) is 3.46. The fourth-order valence-electron chi connectivity index (χ4n) is 3.84. The Balaban J connectivity index is 1.44. The molecule has 2 aromatic rings. The molecule has 20 nitrogen and oxygen atoms in total. The molecule has 23 heteroatoms. The van der Waals surface area contributed by atoms with Crippen LogP contribution in [0.4, 0.5) is 5.82 Å². The van der Waals surface area contributed by atoms with E-state index in [9.17, 15) is 18.6 Å². The van der Waals surface area contributed by atoms with E-state index in [1.807, 2.05) is 11.5 Å². The van der Waals surface area contributed by atoms with Crippen LogP contribution in [0.1, 0.15) is 26.0 Å². The number of hydrazone groups is 1. The molecule has 4 unspecified atom stereocenters. The van der Waals surface area contributed by atoms with Crippen LogP contribution in [0.15, 0.2) is 17.8 Å². The van der Waals surface area contributed by atoms with Crippen molar-refractivity contribution in [3.8, 4) is 0 Å². The van der Waals surface area contributed by atoms with Crippen molar-refractivity contribution in [2.45, 2.75) is 32.1 Å². The van der Waals surface area contributed by atoms with Gasteiger partial charge in [0, 0.05) is 20.4 Å². The van der Waals surface area contributed by atoms with Crippen LogP contribution in [-0.4, -0.2) is 66.4 Å². The van der Waals surface area contributed by atoms with E-state index in [2.05, 4.69) is 52.4 Å². The Bertz CT molecular complexity index is 1360. The van der Waals surface area contributed by atoms with Gasteiger partial charge in [-0.15, -0.1) is 19.1 Å². The summed E-state index contributed by atoms with van der Waals surface area (Å²) in [6.45, 7) is 1.40. The molecule has 2 aliphatic heterocycles. The highest BCUT2D eigenvalue weighted by molar-refractivity contribution is 7.67. The van der Waals surface area contributed by atoms with Crippen molar-refractivity contribution in [1.82, 2.24) is 14.5 Å². The second-order valence-corrected chi connectivity index (χ2v) is 12.5. The van der Waals surface area contributed by atoms with Gasteiger partial charge in [0.1, 0.15) is 0 Å². The average molecular weight is 619 g/mol. The molecule has 0 amide bonds. The number of anilines is 1. The smallest absolute Gasteiger partial charge is 0.340 e. The van der Waals surface area contributed by atoms with E-state index >= 15 is 0 Å². The Labute approximate surface area is 220 Å². The number of hydrogen-bond acceptors (Lipinski definition) is 17. The van der Waals surface area contributed by atoms with Gasteiger partial charge in [0.05, 0.1) is 34.0 Å². The monoisotopic (exact) mass is 619 g/mol. The lowest BCUT2D eigenvalue weighted by Gasteiger charge is -2.21. The third-order valence-corrected chi connectivity index (χ3v) is 9.89. The predicted molar refractivity (Wildman–Crippen MR) is 125 cm³/mol. The third kappa shape index (κ3) is 6.78. The lowest BCUT2D eigenvalue weighted by Crippen LogP contribution is -2.39. The van der Waals surface area contributed by atoms with Gasteiger partial charge in [0.15, 0.2) is 30.5 Å². The Morgan fingerprint density at radius 2 is 1.69 bits per heavy atom. The van der Waals surface area contributed by atoms with E-state index in [1.165, 1.54) is 6.33 Å². The maximum atomic E-state index is 12.9. The van der Waals surface area contributed by atoms with Crippen molar-refractivity contribution in [2.24, 2.45) is 5.10 Å². The molecule has 1 fully saturated rings. The van der Waals surface area contributed by atoms with Crippen LogP contribution < -0.4 is 9.58 Å². The predicted octanol–water partition coefficient (Wildman–Crippen LogP) is 2.13. The summed E-state index contributed by atoms with van der Waals surface area (Å²) < 4.78 is 73.9. The molecular formula is C16H26N6O14P3+. The highest BCUT2D eigenvalue weighted by atomic mass is 31.3. The Morgan fingerprint density at radius 1 is 1.05 bits per heavy atom. The maximum absolute atomic E-state index is 12.9. The van der Waals surface area contributed by atoms with E-state index in [-0.39, 0.29) is 0 Å². The molecule has 1 saturated heterocycles. The Hall–Kier alpha value is -1.73. The molecule has 2 aromatic heterocycles. The molecule has 0 spiro atoms. The summed E-state index contributed by atoms with van der Waals surface area (Å²) in [6, 6.07) is 0. The lowest BCUT2D eigenvalue weighted by atomic mass is 10.2. The largest absolute Gasteiger partial charge is 0.538 e. The summed E-state index contributed by atoms with van der Waals surface area (Å²) in [4.78, 5) is 31.2. The molecule has 0 radical (unpaired) electrons. The summed E-state index contributed by atoms with van der Waals surface area (Å²) in [6.07, 6.45) is 2.97. The molecule has 218 valence electrons. The fraction of sp³-hybridized carbons (Fsp3) is 0.625. The van der Waals surface area contributed by atoms with Crippen LogP contribution in [0.25, 0.3) is 11.2 Å². The van der Waals surface area contributed by atoms with Crippen molar-refractivity contribution < 1.29 is 69.7 Å². The first-order valence-corrected chi connectivity index (χ1v) is 15.3. The van der Waals surface area contributed by atoms with Gasteiger partial charge in [0.2, 0.25) is 5.52 Å². The molecule has 4 atom stereocenters. The minimum absolute atomic E-state index is 0.425. The third-order valence-electron chi connectivity index (χ3n) is 5.18. The van der Waals surface area contributed by atoms with Crippen molar-refractivity contribution >= 4 is 46.3 Å². The van der Waals surface area contributed by atoms with E-state index in [0.717, 1.165) is 26.8 Å². The maximum Gasteiger partial charge on any atom is 0.538 e. The van der Waals surface area contributed by atoms with E-state index in [0.29, 0.717) is 30.1 Å². The number of nitrogens with zero attached hydrogens (tertiary/aromatic N) is 6. The quantitative estimate of drug-likeness (QED) is 0.139. The van der Waals surface area contributed by atoms with Crippen LogP contribution >= 0.6 is 23.5 Å². The topological polar surface area (TPSA) is 214 Å². The number of imidazole rings is 1. The summed E-state index contributed by atoms with van der Waals surface area (Å²) in [7, 11) is -10.9. The number of hydrogen-bond donors (Lipinski definition) is 1. The van der Waals surface area contributed by atoms with Crippen molar-refractivity contribution in [2.75, 3.05) is 40.0 Å². The summed E-state index contributed by atoms with van der Waals surface area (Å²) >= 11 is 0. The minimum Gasteiger partial charge on any atom is -0.340 e. The van der Waals surface area contributed by atoms with Gasteiger partial charge in [-0.05, 0) is 6.42 Å².